The van der Waals surface area contributed by atoms with Crippen LogP contribution < -0.4 is 0 Å². The van der Waals surface area contributed by atoms with Crippen molar-refractivity contribution in [3.63, 3.8) is 0 Å². The Bertz CT molecular complexity index is 272. The fourth-order valence-electron chi connectivity index (χ4n) is 0.851. The average Bonchev–Trinajstić information content (AvgIpc) is 2.05. The summed E-state index contributed by atoms with van der Waals surface area (Å²) in [7, 11) is 3.52. The molecule has 0 spiro atoms. The highest BCUT2D eigenvalue weighted by atomic mass is 31.0. The fraction of sp³-hybridized carbons (Fsp3) is 0.100. The SMILES string of the molecule is C=C(C)C(=P)c1ccccc1. The molecule has 11 heavy (non-hydrogen) atoms. The van der Waals surface area contributed by atoms with E-state index in [1.165, 1.54) is 5.56 Å². The molecule has 0 aliphatic carbocycles. The number of benzene rings is 1. The molecule has 0 unspecified atom stereocenters. The molecule has 0 saturated heterocycles. The van der Waals surface area contributed by atoms with Crippen molar-refractivity contribution < 1.29 is 0 Å². The summed E-state index contributed by atoms with van der Waals surface area (Å²) < 4.78 is 0. The zero-order valence-electron chi connectivity index (χ0n) is 6.59. The van der Waals surface area contributed by atoms with Crippen molar-refractivity contribution in [2.45, 2.75) is 6.92 Å². The quantitative estimate of drug-likeness (QED) is 0.586. The summed E-state index contributed by atoms with van der Waals surface area (Å²) in [4.78, 5) is 0. The van der Waals surface area contributed by atoms with Crippen LogP contribution in [0.2, 0.25) is 0 Å². The molecule has 0 amide bonds. The molecule has 1 heteroatoms. The number of allylic oxidation sites excluding steroid dienone is 1. The molecule has 56 valence electrons. The van der Waals surface area contributed by atoms with Crippen LogP contribution in [0.1, 0.15) is 12.5 Å². The molecular weight excluding hydrogens is 151 g/mol. The lowest BCUT2D eigenvalue weighted by Gasteiger charge is -2.02. The Hall–Kier alpha value is -0.870. The van der Waals surface area contributed by atoms with Gasteiger partial charge in [0.2, 0.25) is 0 Å². The first-order valence-corrected chi connectivity index (χ1v) is 4.01. The van der Waals surface area contributed by atoms with Crippen LogP contribution in [0.15, 0.2) is 42.5 Å². The largest absolute Gasteiger partial charge is 0.113 e. The van der Waals surface area contributed by atoms with Crippen molar-refractivity contribution in [3.8, 4) is 0 Å². The molecule has 0 bridgehead atoms. The maximum absolute atomic E-state index is 3.85. The van der Waals surface area contributed by atoms with Crippen LogP contribution in [0.3, 0.4) is 0 Å². The van der Waals surface area contributed by atoms with Gasteiger partial charge in [0.15, 0.2) is 0 Å². The van der Waals surface area contributed by atoms with Gasteiger partial charge in [0.1, 0.15) is 0 Å². The van der Waals surface area contributed by atoms with E-state index in [1.807, 2.05) is 25.1 Å². The van der Waals surface area contributed by atoms with Gasteiger partial charge in [-0.25, -0.2) is 0 Å². The molecule has 0 saturated carbocycles. The van der Waals surface area contributed by atoms with E-state index in [9.17, 15) is 0 Å². The summed E-state index contributed by atoms with van der Waals surface area (Å²) in [5.74, 6) is 0. The molecule has 0 fully saturated rings. The molecule has 1 aromatic rings. The highest BCUT2D eigenvalue weighted by Gasteiger charge is 1.96. The van der Waals surface area contributed by atoms with Crippen molar-refractivity contribution in [3.05, 3.63) is 48.0 Å². The summed E-state index contributed by atoms with van der Waals surface area (Å²) in [5, 5.41) is 1.07. The molecule has 0 N–H and O–H groups in total. The van der Waals surface area contributed by atoms with Crippen LogP contribution in [0.5, 0.6) is 0 Å². The first kappa shape index (κ1) is 8.23. The molecular formula is C10H11P. The monoisotopic (exact) mass is 162 g/mol. The van der Waals surface area contributed by atoms with E-state index >= 15 is 0 Å². The second kappa shape index (κ2) is 3.50. The third kappa shape index (κ3) is 2.03. The van der Waals surface area contributed by atoms with E-state index in [0.29, 0.717) is 0 Å². The van der Waals surface area contributed by atoms with Gasteiger partial charge in [0.05, 0.1) is 0 Å². The fourth-order valence-corrected chi connectivity index (χ4v) is 1.02. The summed E-state index contributed by atoms with van der Waals surface area (Å²) in [6.45, 7) is 5.83. The van der Waals surface area contributed by atoms with Crippen LogP contribution in [-0.2, 0) is 0 Å². The molecule has 0 aliphatic rings. The smallest absolute Gasteiger partial charge is 0.00403 e. The Morgan fingerprint density at radius 2 is 1.82 bits per heavy atom. The first-order chi connectivity index (χ1) is 5.22. The van der Waals surface area contributed by atoms with E-state index < -0.39 is 0 Å². The molecule has 0 nitrogen and oxygen atoms in total. The predicted octanol–water partition coefficient (Wildman–Crippen LogP) is 2.93. The number of rotatable bonds is 2. The van der Waals surface area contributed by atoms with E-state index in [4.69, 9.17) is 0 Å². The number of hydrogen-bond donors (Lipinski definition) is 0. The van der Waals surface area contributed by atoms with Gasteiger partial charge in [-0.15, -0.1) is 8.86 Å². The standard InChI is InChI=1S/C10H11P/c1-8(2)10(11)9-6-4-3-5-7-9/h3-7,11H,1H2,2H3. The minimum Gasteiger partial charge on any atom is -0.113 e. The minimum atomic E-state index is 1.05. The van der Waals surface area contributed by atoms with Crippen molar-refractivity contribution in [2.75, 3.05) is 0 Å². The van der Waals surface area contributed by atoms with Gasteiger partial charge in [-0.3, -0.25) is 0 Å². The van der Waals surface area contributed by atoms with Gasteiger partial charge in [-0.2, -0.15) is 0 Å². The van der Waals surface area contributed by atoms with Crippen LogP contribution in [0, 0.1) is 0 Å². The summed E-state index contributed by atoms with van der Waals surface area (Å²) in [6, 6.07) is 10.1. The van der Waals surface area contributed by atoms with Gasteiger partial charge < -0.3 is 0 Å². The normalized spacial score (nSPS) is 9.18. The van der Waals surface area contributed by atoms with Gasteiger partial charge >= 0.3 is 0 Å². The molecule has 0 radical (unpaired) electrons. The highest BCUT2D eigenvalue weighted by Crippen LogP contribution is 2.07. The first-order valence-electron chi connectivity index (χ1n) is 3.51. The lowest BCUT2D eigenvalue weighted by atomic mass is 10.1. The van der Waals surface area contributed by atoms with E-state index in [0.717, 1.165) is 10.9 Å². The van der Waals surface area contributed by atoms with Gasteiger partial charge in [0, 0.05) is 5.29 Å². The second-order valence-electron chi connectivity index (χ2n) is 2.52. The van der Waals surface area contributed by atoms with Crippen LogP contribution in [0.25, 0.3) is 0 Å². The maximum Gasteiger partial charge on any atom is 0.00403 e. The Morgan fingerprint density at radius 1 is 1.27 bits per heavy atom. The van der Waals surface area contributed by atoms with Crippen molar-refractivity contribution in [1.82, 2.24) is 0 Å². The van der Waals surface area contributed by atoms with Gasteiger partial charge in [-0.1, -0.05) is 36.9 Å². The molecule has 0 aliphatic heterocycles. The van der Waals surface area contributed by atoms with Gasteiger partial charge in [-0.05, 0) is 18.1 Å². The Kier molecular flexibility index (Phi) is 2.62. The summed E-state index contributed by atoms with van der Waals surface area (Å²) in [5.41, 5.74) is 2.23. The second-order valence-corrected chi connectivity index (χ2v) is 3.02. The van der Waals surface area contributed by atoms with Crippen molar-refractivity contribution in [1.29, 1.82) is 0 Å². The summed E-state index contributed by atoms with van der Waals surface area (Å²) in [6.07, 6.45) is 0. The van der Waals surface area contributed by atoms with E-state index in [2.05, 4.69) is 27.6 Å². The van der Waals surface area contributed by atoms with Crippen molar-refractivity contribution in [2.24, 2.45) is 0 Å². The average molecular weight is 162 g/mol. The third-order valence-corrected chi connectivity index (χ3v) is 2.20. The molecule has 1 rings (SSSR count). The van der Waals surface area contributed by atoms with Crippen LogP contribution in [0.4, 0.5) is 0 Å². The van der Waals surface area contributed by atoms with Gasteiger partial charge in [0.25, 0.3) is 0 Å². The van der Waals surface area contributed by atoms with E-state index in [1.54, 1.807) is 0 Å². The minimum absolute atomic E-state index is 1.05. The van der Waals surface area contributed by atoms with Crippen molar-refractivity contribution >= 4 is 14.2 Å². The number of hydrogen-bond acceptors (Lipinski definition) is 0. The topological polar surface area (TPSA) is 0 Å². The third-order valence-electron chi connectivity index (χ3n) is 1.49. The molecule has 0 atom stereocenters. The molecule has 0 heterocycles. The Balaban J connectivity index is 2.95. The summed E-state index contributed by atoms with van der Waals surface area (Å²) >= 11 is 0. The molecule has 1 aromatic carbocycles. The lowest BCUT2D eigenvalue weighted by Crippen LogP contribution is -1.95. The van der Waals surface area contributed by atoms with Crippen LogP contribution >= 0.6 is 8.86 Å². The molecule has 0 aromatic heterocycles. The predicted molar refractivity (Wildman–Crippen MR) is 53.7 cm³/mol. The maximum atomic E-state index is 3.85. The Morgan fingerprint density at radius 3 is 2.27 bits per heavy atom. The highest BCUT2D eigenvalue weighted by molar-refractivity contribution is 7.23. The Labute approximate surface area is 69.8 Å². The zero-order valence-corrected chi connectivity index (χ0v) is 7.59. The lowest BCUT2D eigenvalue weighted by molar-refractivity contribution is 1.60. The zero-order chi connectivity index (χ0) is 8.27. The van der Waals surface area contributed by atoms with E-state index in [-0.39, 0.29) is 0 Å². The van der Waals surface area contributed by atoms with Crippen LogP contribution in [-0.4, -0.2) is 5.29 Å².